The van der Waals surface area contributed by atoms with Crippen molar-refractivity contribution < 1.29 is 35.5 Å². The number of allylic oxidation sites excluding steroid dienone is 1. The van der Waals surface area contributed by atoms with Gasteiger partial charge in [0.15, 0.2) is 11.6 Å². The maximum absolute atomic E-state index is 14.4. The van der Waals surface area contributed by atoms with Crippen molar-refractivity contribution in [1.82, 2.24) is 14.9 Å². The zero-order valence-corrected chi connectivity index (χ0v) is 20.4. The van der Waals surface area contributed by atoms with Crippen LogP contribution in [0.25, 0.3) is 0 Å². The summed E-state index contributed by atoms with van der Waals surface area (Å²) >= 11 is 5.11. The largest absolute Gasteiger partial charge is 2.00 e. The smallest absolute Gasteiger partial charge is 0.412 e. The van der Waals surface area contributed by atoms with E-state index in [4.69, 9.17) is 5.41 Å². The van der Waals surface area contributed by atoms with Gasteiger partial charge in [0.25, 0.3) is 0 Å². The van der Waals surface area contributed by atoms with Gasteiger partial charge in [0.2, 0.25) is 0 Å². The molecule has 27 heavy (non-hydrogen) atoms. The van der Waals surface area contributed by atoms with Gasteiger partial charge in [-0.3, -0.25) is 22.4 Å². The second kappa shape index (κ2) is 11.3. The number of nitrogens with zero attached hydrogens (tertiary/aromatic N) is 1. The molecule has 1 aliphatic heterocycles. The number of benzene rings is 1. The molecule has 0 radical (unpaired) electrons. The molecule has 0 bridgehead atoms. The van der Waals surface area contributed by atoms with Crippen LogP contribution < -0.4 is 10.0 Å². The maximum atomic E-state index is 14.4. The van der Waals surface area contributed by atoms with Crippen LogP contribution in [0.2, 0.25) is 0 Å². The molecule has 1 aliphatic carbocycles. The average Bonchev–Trinajstić information content (AvgIpc) is 3.40. The first-order valence-corrected chi connectivity index (χ1v) is 9.62. The molecule has 1 aromatic carbocycles. The third-order valence-corrected chi connectivity index (χ3v) is 5.30. The van der Waals surface area contributed by atoms with E-state index in [1.165, 1.54) is 23.4 Å². The molecule has 2 aliphatic rings. The van der Waals surface area contributed by atoms with Crippen LogP contribution in [0.3, 0.4) is 0 Å². The van der Waals surface area contributed by atoms with Crippen molar-refractivity contribution >= 4 is 42.3 Å². The van der Waals surface area contributed by atoms with E-state index in [9.17, 15) is 4.39 Å². The number of hydrogen-bond acceptors (Lipinski definition) is 6. The number of aromatic nitrogens is 2. The number of aromatic amines is 1. The van der Waals surface area contributed by atoms with Gasteiger partial charge in [0.05, 0.1) is 5.69 Å². The number of fused-ring (bicyclic) bond motifs is 1. The molecule has 1 saturated carbocycles. The van der Waals surface area contributed by atoms with Crippen LogP contribution in [0.5, 0.6) is 0 Å². The van der Waals surface area contributed by atoms with Crippen molar-refractivity contribution in [3.8, 4) is 0 Å². The Morgan fingerprint density at radius 1 is 1.48 bits per heavy atom. The molecule has 9 heteroatoms. The number of H-pyrrole nitrogens is 1. The van der Waals surface area contributed by atoms with E-state index in [1.54, 1.807) is 6.07 Å². The predicted molar refractivity (Wildman–Crippen MR) is 108 cm³/mol. The summed E-state index contributed by atoms with van der Waals surface area (Å²) in [4.78, 5) is 0.960. The molecule has 4 N–H and O–H groups in total. The van der Waals surface area contributed by atoms with Gasteiger partial charge in [-0.1, -0.05) is 6.42 Å². The van der Waals surface area contributed by atoms with E-state index in [0.717, 1.165) is 35.4 Å². The first kappa shape index (κ1) is 22.6. The summed E-state index contributed by atoms with van der Waals surface area (Å²) in [7, 11) is 0. The minimum atomic E-state index is -0.191. The van der Waals surface area contributed by atoms with Crippen LogP contribution in [0, 0.1) is 48.8 Å². The molecule has 2 aromatic rings. The third-order valence-electron chi connectivity index (χ3n) is 4.26. The van der Waals surface area contributed by atoms with Crippen molar-refractivity contribution in [3.05, 3.63) is 53.2 Å². The van der Waals surface area contributed by atoms with Gasteiger partial charge in [-0.15, -0.1) is 0 Å². The molecule has 0 amide bonds. The van der Waals surface area contributed by atoms with Gasteiger partial charge >= 0.3 is 31.1 Å². The molecule has 1 fully saturated rings. The Morgan fingerprint density at radius 2 is 2.33 bits per heavy atom. The van der Waals surface area contributed by atoms with Gasteiger partial charge in [0, 0.05) is 28.8 Å². The summed E-state index contributed by atoms with van der Waals surface area (Å²) in [5, 5.41) is 18.1. The van der Waals surface area contributed by atoms with Crippen molar-refractivity contribution in [2.45, 2.75) is 36.6 Å². The summed E-state index contributed by atoms with van der Waals surface area (Å²) in [5.41, 5.74) is 2.34. The minimum absolute atomic E-state index is 0. The Hall–Kier alpha value is -0.718. The molecule has 1 unspecified atom stereocenters. The number of hydrogen-bond donors (Lipinski definition) is 5. The van der Waals surface area contributed by atoms with E-state index in [0.29, 0.717) is 24.0 Å². The first-order chi connectivity index (χ1) is 12.7. The second-order valence-electron chi connectivity index (χ2n) is 5.92. The molecule has 0 saturated heterocycles. The third kappa shape index (κ3) is 5.88. The Morgan fingerprint density at radius 3 is 3.00 bits per heavy atom. The first-order valence-electron chi connectivity index (χ1n) is 8.29. The Balaban J connectivity index is 0.000000390. The summed E-state index contributed by atoms with van der Waals surface area (Å²) in [6, 6.07) is 5.69. The standard InChI is InChI=1S/C15H16FN4S.C3H4NS.U/c16-15-10-8-17-21-13(10)6-5-11(15)18-14-7-12(19-20-14)9-3-1-2-4-9;4-2-1-3-5;/h1,5-7,9,17H,2-4,8H2,(H2,18,19,20);1,3-5H;/q2*-1;+2/b;3-1-;. The fraction of sp³-hybridized carbons (Fsp3) is 0.278. The van der Waals surface area contributed by atoms with Crippen molar-refractivity contribution in [3.63, 3.8) is 0 Å². The monoisotopic (exact) mass is 627 g/mol. The number of thiol groups is 1. The Kier molecular flexibility index (Phi) is 9.47. The van der Waals surface area contributed by atoms with Gasteiger partial charge in [-0.25, -0.2) is 10.5 Å². The van der Waals surface area contributed by atoms with Crippen LogP contribution in [0.1, 0.15) is 36.4 Å². The molecule has 5 nitrogen and oxygen atoms in total. The summed E-state index contributed by atoms with van der Waals surface area (Å²) in [6.45, 7) is 0.561. The molecule has 1 aromatic heterocycles. The van der Waals surface area contributed by atoms with Crippen molar-refractivity contribution in [2.24, 2.45) is 0 Å². The van der Waals surface area contributed by atoms with Crippen LogP contribution in [0.15, 0.2) is 34.6 Å². The zero-order chi connectivity index (χ0) is 18.4. The molecular weight excluding hydrogens is 607 g/mol. The number of nitrogens with one attached hydrogen (secondary N) is 4. The Bertz CT molecular complexity index is 790. The molecule has 2 heterocycles. The Labute approximate surface area is 192 Å². The van der Waals surface area contributed by atoms with Gasteiger partial charge in [-0.2, -0.15) is 29.6 Å². The van der Waals surface area contributed by atoms with E-state index in [1.807, 2.05) is 18.3 Å². The predicted octanol–water partition coefficient (Wildman–Crippen LogP) is 4.83. The van der Waals surface area contributed by atoms with Crippen LogP contribution >= 0.6 is 24.6 Å². The summed E-state index contributed by atoms with van der Waals surface area (Å²) in [6.07, 6.45) is 9.15. The van der Waals surface area contributed by atoms with Crippen LogP contribution in [-0.2, 0) is 6.54 Å². The average molecular weight is 628 g/mol. The van der Waals surface area contributed by atoms with Crippen molar-refractivity contribution in [1.29, 1.82) is 5.41 Å². The summed E-state index contributed by atoms with van der Waals surface area (Å²) in [5.74, 6) is 1.01. The number of halogens is 1. The second-order valence-corrected chi connectivity index (χ2v) is 7.15. The van der Waals surface area contributed by atoms with E-state index < -0.39 is 0 Å². The van der Waals surface area contributed by atoms with Gasteiger partial charge < -0.3 is 17.1 Å². The van der Waals surface area contributed by atoms with E-state index >= 15 is 0 Å². The maximum Gasteiger partial charge on any atom is 2.00 e. The SMILES string of the molecule is Fc1c(Nc2cc(C3C[CH-]CC3)[nH]n2)ccc2c1CNS2.N=[C-]/C=C\S.[U+2]. The quantitative estimate of drug-likeness (QED) is 0.146. The molecule has 140 valence electrons. The normalized spacial score (nSPS) is 17.8. The minimum Gasteiger partial charge on any atom is -0.412 e. The van der Waals surface area contributed by atoms with Gasteiger partial charge in [0.1, 0.15) is 0 Å². The fourth-order valence-corrected chi connectivity index (χ4v) is 3.84. The summed E-state index contributed by atoms with van der Waals surface area (Å²) < 4.78 is 17.5. The molecule has 0 spiro atoms. The molecular formula is C18H20FN5S2U. The molecule has 1 atom stereocenters. The van der Waals surface area contributed by atoms with E-state index in [-0.39, 0.29) is 36.9 Å². The van der Waals surface area contributed by atoms with Gasteiger partial charge in [-0.05, 0) is 30.0 Å². The van der Waals surface area contributed by atoms with Crippen LogP contribution in [0.4, 0.5) is 15.9 Å². The zero-order valence-electron chi connectivity index (χ0n) is 14.6. The van der Waals surface area contributed by atoms with E-state index in [2.05, 4.69) is 39.3 Å². The van der Waals surface area contributed by atoms with Crippen LogP contribution in [-0.4, -0.2) is 16.4 Å². The number of anilines is 2. The van der Waals surface area contributed by atoms with Crippen molar-refractivity contribution in [2.75, 3.05) is 5.32 Å². The topological polar surface area (TPSA) is 76.6 Å². The number of rotatable bonds is 4. The molecule has 4 rings (SSSR count). The fourth-order valence-electron chi connectivity index (χ4n) is 2.97.